The minimum atomic E-state index is -0.604. The van der Waals surface area contributed by atoms with E-state index in [9.17, 15) is 15.0 Å². The van der Waals surface area contributed by atoms with Crippen LogP contribution in [0.2, 0.25) is 0 Å². The Balaban J connectivity index is 1.39. The predicted molar refractivity (Wildman–Crippen MR) is 143 cm³/mol. The third kappa shape index (κ3) is 5.73. The second-order valence-electron chi connectivity index (χ2n) is 11.1. The first kappa shape index (κ1) is 26.3. The van der Waals surface area contributed by atoms with Gasteiger partial charge in [0.2, 0.25) is 0 Å². The molecule has 204 valence electrons. The number of benzene rings is 2. The summed E-state index contributed by atoms with van der Waals surface area (Å²) in [4.78, 5) is 14.3. The van der Waals surface area contributed by atoms with Crippen molar-refractivity contribution in [3.05, 3.63) is 42.6 Å². The number of hydrogen-bond acceptors (Lipinski definition) is 7. The maximum Gasteiger partial charge on any atom is 0.410 e. The van der Waals surface area contributed by atoms with Gasteiger partial charge in [0.05, 0.1) is 23.7 Å². The number of aliphatic hydroxyl groups is 1. The number of carbonyl (C=O) groups is 1. The van der Waals surface area contributed by atoms with E-state index in [-0.39, 0.29) is 37.3 Å². The lowest BCUT2D eigenvalue weighted by atomic mass is 9.87. The number of phenolic OH excluding ortho intramolecular Hbond substituents is 1. The molecule has 1 aromatic heterocycles. The summed E-state index contributed by atoms with van der Waals surface area (Å²) in [5.41, 5.74) is 2.24. The highest BCUT2D eigenvalue weighted by molar-refractivity contribution is 5.90. The average molecular weight is 524 g/mol. The molecule has 0 radical (unpaired) electrons. The zero-order valence-electron chi connectivity index (χ0n) is 22.3. The van der Waals surface area contributed by atoms with E-state index in [0.717, 1.165) is 53.6 Å². The van der Waals surface area contributed by atoms with Gasteiger partial charge in [0.15, 0.2) is 6.23 Å². The molecule has 3 aromatic rings. The van der Waals surface area contributed by atoms with Crippen molar-refractivity contribution in [3.63, 3.8) is 0 Å². The third-order valence-corrected chi connectivity index (χ3v) is 7.08. The van der Waals surface area contributed by atoms with Crippen molar-refractivity contribution in [3.8, 4) is 22.6 Å². The molecule has 2 heterocycles. The lowest BCUT2D eigenvalue weighted by Gasteiger charge is -2.42. The molecule has 1 unspecified atom stereocenters. The fraction of sp³-hybridized carbons (Fsp3) is 0.517. The maximum atomic E-state index is 12.7. The standard InChI is InChI=1S/C29H37N3O6/c1-29(2,3)38-28(35)31(11-12-33)21-16-23(17-21)37-26-15-20(19-7-9-22(34)10-8-19)14-25-24(26)18-30-32(25)27-6-4-5-13-36-27/h7-10,14-15,18,21,23,27,33-34H,4-6,11-13,16-17H2,1-3H3/t21-,23-,27?. The van der Waals surface area contributed by atoms with Crippen LogP contribution in [-0.2, 0) is 9.47 Å². The highest BCUT2D eigenvalue weighted by Gasteiger charge is 2.39. The van der Waals surface area contributed by atoms with Gasteiger partial charge in [0.1, 0.15) is 23.2 Å². The van der Waals surface area contributed by atoms with E-state index in [1.165, 1.54) is 0 Å². The molecule has 1 saturated heterocycles. The van der Waals surface area contributed by atoms with Gasteiger partial charge < -0.3 is 29.3 Å². The first-order valence-electron chi connectivity index (χ1n) is 13.4. The van der Waals surface area contributed by atoms with E-state index in [2.05, 4.69) is 11.2 Å². The minimum Gasteiger partial charge on any atom is -0.508 e. The summed E-state index contributed by atoms with van der Waals surface area (Å²) in [5.74, 6) is 0.937. The Bertz CT molecular complexity index is 1250. The van der Waals surface area contributed by atoms with Crippen LogP contribution in [0.25, 0.3) is 22.0 Å². The van der Waals surface area contributed by atoms with Crippen LogP contribution in [0.5, 0.6) is 11.5 Å². The Morgan fingerprint density at radius 3 is 2.58 bits per heavy atom. The molecule has 38 heavy (non-hydrogen) atoms. The smallest absolute Gasteiger partial charge is 0.410 e. The number of rotatable bonds is 7. The van der Waals surface area contributed by atoms with Crippen molar-refractivity contribution >= 4 is 17.0 Å². The number of aromatic nitrogens is 2. The monoisotopic (exact) mass is 523 g/mol. The lowest BCUT2D eigenvalue weighted by molar-refractivity contribution is -0.0366. The number of aromatic hydroxyl groups is 1. The molecule has 1 atom stereocenters. The predicted octanol–water partition coefficient (Wildman–Crippen LogP) is 5.25. The van der Waals surface area contributed by atoms with E-state index in [1.54, 1.807) is 17.0 Å². The van der Waals surface area contributed by atoms with Gasteiger partial charge in [0.25, 0.3) is 0 Å². The largest absolute Gasteiger partial charge is 0.508 e. The van der Waals surface area contributed by atoms with Gasteiger partial charge in [-0.25, -0.2) is 9.48 Å². The molecule has 2 aliphatic rings. The van der Waals surface area contributed by atoms with Gasteiger partial charge in [-0.15, -0.1) is 0 Å². The summed E-state index contributed by atoms with van der Waals surface area (Å²) in [5, 5.41) is 24.9. The van der Waals surface area contributed by atoms with Crippen LogP contribution in [0.4, 0.5) is 4.79 Å². The fourth-order valence-electron chi connectivity index (χ4n) is 5.10. The number of fused-ring (bicyclic) bond motifs is 1. The van der Waals surface area contributed by atoms with E-state index < -0.39 is 11.7 Å². The van der Waals surface area contributed by atoms with Crippen LogP contribution < -0.4 is 4.74 Å². The van der Waals surface area contributed by atoms with Crippen molar-refractivity contribution < 1.29 is 29.2 Å². The van der Waals surface area contributed by atoms with Crippen LogP contribution in [0.15, 0.2) is 42.6 Å². The van der Waals surface area contributed by atoms with E-state index in [1.807, 2.05) is 49.8 Å². The number of amides is 1. The highest BCUT2D eigenvalue weighted by atomic mass is 16.6. The number of phenols is 1. The summed E-state index contributed by atoms with van der Waals surface area (Å²) in [7, 11) is 0. The number of hydrogen-bond donors (Lipinski definition) is 2. The SMILES string of the molecule is CC(C)(C)OC(=O)N(CCO)[C@H]1C[C@H](Oc2cc(-c3ccc(O)cc3)cc3c2cnn3C2CCCCO2)C1. The molecule has 5 rings (SSSR count). The maximum absolute atomic E-state index is 12.7. The van der Waals surface area contributed by atoms with Crippen molar-refractivity contribution in [2.24, 2.45) is 0 Å². The van der Waals surface area contributed by atoms with Crippen molar-refractivity contribution in [1.29, 1.82) is 0 Å². The van der Waals surface area contributed by atoms with Crippen molar-refractivity contribution in [1.82, 2.24) is 14.7 Å². The average Bonchev–Trinajstić information content (AvgIpc) is 3.29. The zero-order chi connectivity index (χ0) is 26.9. The Hall–Kier alpha value is -3.30. The molecule has 1 aliphatic carbocycles. The first-order valence-corrected chi connectivity index (χ1v) is 13.4. The van der Waals surface area contributed by atoms with Gasteiger partial charge in [-0.3, -0.25) is 0 Å². The molecule has 0 bridgehead atoms. The molecule has 1 aliphatic heterocycles. The molecule has 2 N–H and O–H groups in total. The Morgan fingerprint density at radius 1 is 1.16 bits per heavy atom. The van der Waals surface area contributed by atoms with Crippen molar-refractivity contribution in [2.45, 2.75) is 76.9 Å². The van der Waals surface area contributed by atoms with Crippen LogP contribution in [-0.4, -0.2) is 68.5 Å². The lowest BCUT2D eigenvalue weighted by Crippen LogP contribution is -2.53. The molecule has 1 saturated carbocycles. The number of aliphatic hydroxyl groups excluding tert-OH is 1. The molecule has 9 nitrogen and oxygen atoms in total. The van der Waals surface area contributed by atoms with E-state index >= 15 is 0 Å². The molecule has 9 heteroatoms. The number of carbonyl (C=O) groups excluding carboxylic acids is 1. The van der Waals surface area contributed by atoms with Crippen LogP contribution in [0.1, 0.15) is 59.1 Å². The van der Waals surface area contributed by atoms with Gasteiger partial charge in [-0.05, 0) is 75.4 Å². The topological polar surface area (TPSA) is 106 Å². The quantitative estimate of drug-likeness (QED) is 0.436. The summed E-state index contributed by atoms with van der Waals surface area (Å²) < 4.78 is 20.0. The summed E-state index contributed by atoms with van der Waals surface area (Å²) >= 11 is 0. The highest BCUT2D eigenvalue weighted by Crippen LogP contribution is 2.39. The second kappa shape index (κ2) is 10.8. The molecule has 1 amide bonds. The zero-order valence-corrected chi connectivity index (χ0v) is 22.3. The van der Waals surface area contributed by atoms with Crippen LogP contribution >= 0.6 is 0 Å². The van der Waals surface area contributed by atoms with Crippen LogP contribution in [0.3, 0.4) is 0 Å². The minimum absolute atomic E-state index is 0.0591. The van der Waals surface area contributed by atoms with E-state index in [4.69, 9.17) is 14.2 Å². The molecule has 2 fully saturated rings. The van der Waals surface area contributed by atoms with Crippen molar-refractivity contribution in [2.75, 3.05) is 19.8 Å². The third-order valence-electron chi connectivity index (χ3n) is 7.08. The fourth-order valence-corrected chi connectivity index (χ4v) is 5.10. The normalized spacial score (nSPS) is 21.6. The summed E-state index contributed by atoms with van der Waals surface area (Å²) in [6, 6.07) is 11.1. The van der Waals surface area contributed by atoms with Gasteiger partial charge in [-0.1, -0.05) is 12.1 Å². The molecular formula is C29H37N3O6. The molecule has 0 spiro atoms. The number of ether oxygens (including phenoxy) is 3. The van der Waals surface area contributed by atoms with Gasteiger partial charge in [-0.2, -0.15) is 5.10 Å². The van der Waals surface area contributed by atoms with Gasteiger partial charge in [0, 0.05) is 32.0 Å². The Kier molecular flexibility index (Phi) is 7.49. The number of nitrogens with zero attached hydrogens (tertiary/aromatic N) is 3. The van der Waals surface area contributed by atoms with Crippen LogP contribution in [0, 0.1) is 0 Å². The Morgan fingerprint density at radius 2 is 1.92 bits per heavy atom. The summed E-state index contributed by atoms with van der Waals surface area (Å²) in [6.45, 7) is 6.32. The molecule has 2 aromatic carbocycles. The second-order valence-corrected chi connectivity index (χ2v) is 11.1. The summed E-state index contributed by atoms with van der Waals surface area (Å²) in [6.07, 6.45) is 5.56. The van der Waals surface area contributed by atoms with Gasteiger partial charge >= 0.3 is 6.09 Å². The van der Waals surface area contributed by atoms with E-state index in [0.29, 0.717) is 12.8 Å². The Labute approximate surface area is 222 Å². The molecular weight excluding hydrogens is 486 g/mol. The first-order chi connectivity index (χ1) is 18.2.